The fraction of sp³-hybridized carbons (Fsp3) is 0.550. The highest BCUT2D eigenvalue weighted by Crippen LogP contribution is 2.15. The van der Waals surface area contributed by atoms with Gasteiger partial charge in [0.15, 0.2) is 0 Å². The first-order valence-electron chi connectivity index (χ1n) is 9.35. The van der Waals surface area contributed by atoms with Gasteiger partial charge in [-0.05, 0) is 45.7 Å². The standard InChI is InChI=1S/C20H28N2O5S/c1-20(2,3)27-19(25)22-16(13-28-12-14-8-5-4-6-9-14)18(24)26-17(23)15-10-7-11-21-15/h4-6,8-9,15-16,21H,7,10-13H2,1-3H3,(H,22,25)/t15-,16-/m0/s1. The molecule has 0 aliphatic carbocycles. The Morgan fingerprint density at radius 2 is 1.96 bits per heavy atom. The number of hydrogen-bond acceptors (Lipinski definition) is 7. The van der Waals surface area contributed by atoms with Crippen LogP contribution in [-0.2, 0) is 24.8 Å². The van der Waals surface area contributed by atoms with Gasteiger partial charge >= 0.3 is 18.0 Å². The molecule has 1 aliphatic heterocycles. The molecular formula is C20H28N2O5S. The van der Waals surface area contributed by atoms with Crippen LogP contribution in [-0.4, -0.2) is 48.0 Å². The van der Waals surface area contributed by atoms with Crippen LogP contribution in [0.5, 0.6) is 0 Å². The lowest BCUT2D eigenvalue weighted by Gasteiger charge is -2.23. The lowest BCUT2D eigenvalue weighted by molar-refractivity contribution is -0.162. The van der Waals surface area contributed by atoms with Gasteiger partial charge in [-0.3, -0.25) is 0 Å². The fourth-order valence-electron chi connectivity index (χ4n) is 2.61. The molecule has 0 unspecified atom stereocenters. The molecule has 28 heavy (non-hydrogen) atoms. The molecule has 2 atom stereocenters. The van der Waals surface area contributed by atoms with Gasteiger partial charge in [0.05, 0.1) is 0 Å². The monoisotopic (exact) mass is 408 g/mol. The number of hydrogen-bond donors (Lipinski definition) is 2. The van der Waals surface area contributed by atoms with Crippen LogP contribution in [0.1, 0.15) is 39.2 Å². The summed E-state index contributed by atoms with van der Waals surface area (Å²) in [6.45, 7) is 5.93. The lowest BCUT2D eigenvalue weighted by atomic mass is 10.2. The van der Waals surface area contributed by atoms with E-state index < -0.39 is 35.7 Å². The van der Waals surface area contributed by atoms with E-state index in [9.17, 15) is 14.4 Å². The van der Waals surface area contributed by atoms with Crippen molar-refractivity contribution < 1.29 is 23.9 Å². The second kappa shape index (κ2) is 10.5. The van der Waals surface area contributed by atoms with Crippen molar-refractivity contribution in [3.8, 4) is 0 Å². The number of amides is 1. The maximum absolute atomic E-state index is 12.5. The Labute approximate surface area is 169 Å². The Kier molecular flexibility index (Phi) is 8.32. The molecule has 7 nitrogen and oxygen atoms in total. The number of carbonyl (C=O) groups is 3. The Bertz CT molecular complexity index is 669. The summed E-state index contributed by atoms with van der Waals surface area (Å²) in [4.78, 5) is 36.7. The van der Waals surface area contributed by atoms with Crippen molar-refractivity contribution in [1.29, 1.82) is 0 Å². The van der Waals surface area contributed by atoms with Crippen LogP contribution in [0.3, 0.4) is 0 Å². The predicted octanol–water partition coefficient (Wildman–Crippen LogP) is 2.63. The quantitative estimate of drug-likeness (QED) is 0.529. The van der Waals surface area contributed by atoms with Gasteiger partial charge in [0.1, 0.15) is 17.7 Å². The number of alkyl carbamates (subject to hydrolysis) is 1. The van der Waals surface area contributed by atoms with Crippen molar-refractivity contribution in [1.82, 2.24) is 10.6 Å². The zero-order chi connectivity index (χ0) is 20.6. The van der Waals surface area contributed by atoms with Gasteiger partial charge in [0.25, 0.3) is 0 Å². The van der Waals surface area contributed by atoms with Crippen LogP contribution < -0.4 is 10.6 Å². The van der Waals surface area contributed by atoms with E-state index in [0.29, 0.717) is 12.2 Å². The van der Waals surface area contributed by atoms with Crippen molar-refractivity contribution >= 4 is 29.8 Å². The number of ether oxygens (including phenoxy) is 2. The zero-order valence-corrected chi connectivity index (χ0v) is 17.3. The molecule has 0 spiro atoms. The van der Waals surface area contributed by atoms with Gasteiger partial charge in [-0.1, -0.05) is 30.3 Å². The van der Waals surface area contributed by atoms with E-state index in [1.54, 1.807) is 20.8 Å². The fourth-order valence-corrected chi connectivity index (χ4v) is 3.62. The zero-order valence-electron chi connectivity index (χ0n) is 16.5. The Morgan fingerprint density at radius 1 is 1.25 bits per heavy atom. The van der Waals surface area contributed by atoms with E-state index in [-0.39, 0.29) is 5.75 Å². The number of nitrogens with one attached hydrogen (secondary N) is 2. The Morgan fingerprint density at radius 3 is 2.57 bits per heavy atom. The maximum Gasteiger partial charge on any atom is 0.408 e. The van der Waals surface area contributed by atoms with E-state index in [2.05, 4.69) is 10.6 Å². The number of benzene rings is 1. The van der Waals surface area contributed by atoms with Crippen LogP contribution in [0.25, 0.3) is 0 Å². The highest BCUT2D eigenvalue weighted by atomic mass is 32.2. The van der Waals surface area contributed by atoms with E-state index in [1.165, 1.54) is 11.8 Å². The summed E-state index contributed by atoms with van der Waals surface area (Å²) >= 11 is 1.46. The summed E-state index contributed by atoms with van der Waals surface area (Å²) in [5, 5.41) is 5.52. The molecule has 1 aliphatic rings. The highest BCUT2D eigenvalue weighted by molar-refractivity contribution is 7.98. The highest BCUT2D eigenvalue weighted by Gasteiger charge is 2.31. The smallest absolute Gasteiger partial charge is 0.408 e. The number of thioether (sulfide) groups is 1. The molecule has 1 aromatic carbocycles. The van der Waals surface area contributed by atoms with Crippen molar-refractivity contribution in [2.24, 2.45) is 0 Å². The molecule has 0 aromatic heterocycles. The molecule has 8 heteroatoms. The lowest BCUT2D eigenvalue weighted by Crippen LogP contribution is -2.47. The number of esters is 2. The predicted molar refractivity (Wildman–Crippen MR) is 108 cm³/mol. The Balaban J connectivity index is 1.94. The van der Waals surface area contributed by atoms with Crippen molar-refractivity contribution in [2.45, 2.75) is 57.1 Å². The van der Waals surface area contributed by atoms with Gasteiger partial charge in [-0.25, -0.2) is 14.4 Å². The summed E-state index contributed by atoms with van der Waals surface area (Å²) in [5.74, 6) is -0.450. The SMILES string of the molecule is CC(C)(C)OC(=O)N[C@@H](CSCc1ccccc1)C(=O)OC(=O)[C@@H]1CCCN1. The largest absolute Gasteiger partial charge is 0.444 e. The molecular weight excluding hydrogens is 380 g/mol. The third-order valence-corrected chi connectivity index (χ3v) is 5.02. The molecule has 0 bridgehead atoms. The average Bonchev–Trinajstić information content (AvgIpc) is 3.15. The third-order valence-electron chi connectivity index (χ3n) is 3.92. The minimum atomic E-state index is -0.978. The van der Waals surface area contributed by atoms with E-state index >= 15 is 0 Å². The summed E-state index contributed by atoms with van der Waals surface area (Å²) in [5.41, 5.74) is 0.405. The second-order valence-corrected chi connectivity index (χ2v) is 8.62. The molecule has 1 fully saturated rings. The van der Waals surface area contributed by atoms with Gasteiger partial charge < -0.3 is 20.1 Å². The van der Waals surface area contributed by atoms with Gasteiger partial charge in [0, 0.05) is 11.5 Å². The summed E-state index contributed by atoms with van der Waals surface area (Å²) in [6, 6.07) is 8.33. The maximum atomic E-state index is 12.5. The summed E-state index contributed by atoms with van der Waals surface area (Å²) in [7, 11) is 0. The van der Waals surface area contributed by atoms with Gasteiger partial charge in [-0.15, -0.1) is 0 Å². The molecule has 1 aromatic rings. The number of rotatable bonds is 7. The van der Waals surface area contributed by atoms with Gasteiger partial charge in [-0.2, -0.15) is 11.8 Å². The minimum Gasteiger partial charge on any atom is -0.444 e. The molecule has 1 amide bonds. The van der Waals surface area contributed by atoms with Crippen LogP contribution in [0.15, 0.2) is 30.3 Å². The first-order valence-corrected chi connectivity index (χ1v) is 10.5. The first-order chi connectivity index (χ1) is 13.2. The molecule has 154 valence electrons. The molecule has 0 radical (unpaired) electrons. The van der Waals surface area contributed by atoms with Crippen molar-refractivity contribution in [2.75, 3.05) is 12.3 Å². The molecule has 1 saturated heterocycles. The van der Waals surface area contributed by atoms with Gasteiger partial charge in [0.2, 0.25) is 0 Å². The third kappa shape index (κ3) is 7.90. The minimum absolute atomic E-state index is 0.262. The average molecular weight is 409 g/mol. The summed E-state index contributed by atoms with van der Waals surface area (Å²) < 4.78 is 10.2. The molecule has 2 rings (SSSR count). The summed E-state index contributed by atoms with van der Waals surface area (Å²) in [6.07, 6.45) is 0.778. The molecule has 2 N–H and O–H groups in total. The number of carbonyl (C=O) groups excluding carboxylic acids is 3. The van der Waals surface area contributed by atoms with Crippen LogP contribution >= 0.6 is 11.8 Å². The van der Waals surface area contributed by atoms with Crippen molar-refractivity contribution in [3.05, 3.63) is 35.9 Å². The van der Waals surface area contributed by atoms with E-state index in [4.69, 9.17) is 9.47 Å². The van der Waals surface area contributed by atoms with E-state index in [0.717, 1.165) is 18.5 Å². The van der Waals surface area contributed by atoms with Crippen molar-refractivity contribution in [3.63, 3.8) is 0 Å². The van der Waals surface area contributed by atoms with E-state index in [1.807, 2.05) is 30.3 Å². The van der Waals surface area contributed by atoms with Crippen LogP contribution in [0, 0.1) is 0 Å². The Hall–Kier alpha value is -2.06. The normalized spacial score (nSPS) is 17.6. The second-order valence-electron chi connectivity index (χ2n) is 7.59. The topological polar surface area (TPSA) is 93.7 Å². The first kappa shape index (κ1) is 22.2. The van der Waals surface area contributed by atoms with Crippen LogP contribution in [0.2, 0.25) is 0 Å². The molecule has 0 saturated carbocycles. The molecule has 1 heterocycles. The van der Waals surface area contributed by atoms with Crippen LogP contribution in [0.4, 0.5) is 4.79 Å².